The van der Waals surface area contributed by atoms with Crippen molar-refractivity contribution in [3.8, 4) is 0 Å². The van der Waals surface area contributed by atoms with Gasteiger partial charge in [-0.25, -0.2) is 0 Å². The summed E-state index contributed by atoms with van der Waals surface area (Å²) in [6.07, 6.45) is 7.06. The smallest absolute Gasteiger partial charge is 0.183 e. The first-order valence-corrected chi connectivity index (χ1v) is 12.7. The zero-order valence-electron chi connectivity index (χ0n) is 11.2. The highest BCUT2D eigenvalue weighted by Gasteiger charge is 2.49. The molecule has 1 nitrogen and oxygen atoms in total. The van der Waals surface area contributed by atoms with Gasteiger partial charge >= 0.3 is 0 Å². The molecular formula is C13H23OSi2. The van der Waals surface area contributed by atoms with Gasteiger partial charge in [-0.15, -0.1) is 0 Å². The van der Waals surface area contributed by atoms with E-state index in [9.17, 15) is 0 Å². The Morgan fingerprint density at radius 2 is 2.00 bits per heavy atom. The minimum atomic E-state index is -1.30. The summed E-state index contributed by atoms with van der Waals surface area (Å²) in [5, 5.41) is 3.52. The molecule has 16 heavy (non-hydrogen) atoms. The predicted octanol–water partition coefficient (Wildman–Crippen LogP) is 3.85. The molecule has 2 aliphatic rings. The molecule has 0 aromatic carbocycles. The zero-order chi connectivity index (χ0) is 12.0. The Hall–Kier alpha value is -0.126. The van der Waals surface area contributed by atoms with Crippen LogP contribution in [0.1, 0.15) is 19.3 Å². The van der Waals surface area contributed by atoms with Crippen LogP contribution in [0, 0.1) is 6.08 Å². The van der Waals surface area contributed by atoms with Crippen LogP contribution in [-0.4, -0.2) is 23.0 Å². The third kappa shape index (κ3) is 2.41. The maximum atomic E-state index is 5.88. The predicted molar refractivity (Wildman–Crippen MR) is 74.4 cm³/mol. The van der Waals surface area contributed by atoms with Gasteiger partial charge in [0.15, 0.2) is 8.32 Å². The summed E-state index contributed by atoms with van der Waals surface area (Å²) in [7, 11) is -2.27. The molecule has 0 atom stereocenters. The highest BCUT2D eigenvalue weighted by molar-refractivity contribution is 7.02. The molecule has 3 heteroatoms. The molecule has 0 saturated carbocycles. The van der Waals surface area contributed by atoms with Crippen molar-refractivity contribution in [3.05, 3.63) is 22.0 Å². The van der Waals surface area contributed by atoms with E-state index in [1.165, 1.54) is 12.8 Å². The SMILES string of the molecule is C[Si](C)(C)OCCCC1=[C]CC2=C1[Si]2(C)C. The molecule has 0 N–H and O–H groups in total. The van der Waals surface area contributed by atoms with Crippen LogP contribution in [-0.2, 0) is 4.43 Å². The Morgan fingerprint density at radius 3 is 2.50 bits per heavy atom. The van der Waals surface area contributed by atoms with E-state index in [4.69, 9.17) is 4.43 Å². The molecule has 1 aliphatic heterocycles. The minimum absolute atomic E-state index is 0.936. The van der Waals surface area contributed by atoms with Crippen molar-refractivity contribution in [2.24, 2.45) is 0 Å². The molecule has 1 heterocycles. The molecule has 0 aromatic heterocycles. The normalized spacial score (nSPS) is 22.2. The highest BCUT2D eigenvalue weighted by Crippen LogP contribution is 2.52. The third-order valence-electron chi connectivity index (χ3n) is 3.51. The molecule has 1 aliphatic carbocycles. The first-order chi connectivity index (χ1) is 7.32. The van der Waals surface area contributed by atoms with Gasteiger partial charge < -0.3 is 4.43 Å². The van der Waals surface area contributed by atoms with E-state index in [1.54, 1.807) is 16.0 Å². The second kappa shape index (κ2) is 3.96. The number of hydrogen-bond acceptors (Lipinski definition) is 1. The molecule has 0 fully saturated rings. The highest BCUT2D eigenvalue weighted by atomic mass is 28.4. The van der Waals surface area contributed by atoms with Crippen LogP contribution in [0.5, 0.6) is 0 Å². The molecule has 1 radical (unpaired) electrons. The van der Waals surface area contributed by atoms with E-state index in [0.29, 0.717) is 0 Å². The Bertz CT molecular complexity index is 359. The summed E-state index contributed by atoms with van der Waals surface area (Å²) < 4.78 is 5.88. The average Bonchev–Trinajstić information content (AvgIpc) is 2.57. The van der Waals surface area contributed by atoms with E-state index in [1.807, 2.05) is 0 Å². The van der Waals surface area contributed by atoms with Crippen LogP contribution in [0.15, 0.2) is 16.0 Å². The molecule has 0 amide bonds. The van der Waals surface area contributed by atoms with Crippen molar-refractivity contribution >= 4 is 16.4 Å². The van der Waals surface area contributed by atoms with Gasteiger partial charge in [0.05, 0.1) is 0 Å². The maximum Gasteiger partial charge on any atom is 0.183 e. The summed E-state index contributed by atoms with van der Waals surface area (Å²) in [4.78, 5) is 0. The second-order valence-electron chi connectivity index (χ2n) is 6.38. The van der Waals surface area contributed by atoms with Crippen LogP contribution in [0.3, 0.4) is 0 Å². The van der Waals surface area contributed by atoms with Crippen LogP contribution >= 0.6 is 0 Å². The Balaban J connectivity index is 1.71. The van der Waals surface area contributed by atoms with Crippen molar-refractivity contribution in [1.29, 1.82) is 0 Å². The van der Waals surface area contributed by atoms with E-state index in [0.717, 1.165) is 13.0 Å². The molecule has 0 bridgehead atoms. The standard InChI is InChI=1S/C13H23OSi2/c1-15(2,3)14-10-6-7-11-8-9-12-13(11)16(12,4)5/h6-7,9-10H2,1-5H3. The summed E-state index contributed by atoms with van der Waals surface area (Å²) >= 11 is 0. The van der Waals surface area contributed by atoms with E-state index in [2.05, 4.69) is 38.8 Å². The Labute approximate surface area is 102 Å². The second-order valence-corrected chi connectivity index (χ2v) is 15.2. The summed E-state index contributed by atoms with van der Waals surface area (Å²) in [6, 6.07) is 0. The third-order valence-corrected chi connectivity index (χ3v) is 8.11. The fourth-order valence-electron chi connectivity index (χ4n) is 2.54. The molecule has 0 saturated heterocycles. The topological polar surface area (TPSA) is 9.23 Å². The van der Waals surface area contributed by atoms with Crippen LogP contribution in [0.4, 0.5) is 0 Å². The number of hydrogen-bond donors (Lipinski definition) is 0. The van der Waals surface area contributed by atoms with E-state index < -0.39 is 16.4 Å². The maximum absolute atomic E-state index is 5.88. The van der Waals surface area contributed by atoms with Crippen molar-refractivity contribution < 1.29 is 4.43 Å². The van der Waals surface area contributed by atoms with Gasteiger partial charge in [-0.3, -0.25) is 0 Å². The quantitative estimate of drug-likeness (QED) is 0.533. The van der Waals surface area contributed by atoms with Gasteiger partial charge in [-0.2, -0.15) is 0 Å². The fraction of sp³-hybridized carbons (Fsp3) is 0.692. The number of allylic oxidation sites excluding steroid dienone is 4. The lowest BCUT2D eigenvalue weighted by Gasteiger charge is -2.17. The molecule has 0 unspecified atom stereocenters. The summed E-state index contributed by atoms with van der Waals surface area (Å²) in [6.45, 7) is 12.6. The first kappa shape index (κ1) is 12.3. The van der Waals surface area contributed by atoms with Crippen LogP contribution in [0.25, 0.3) is 0 Å². The Morgan fingerprint density at radius 1 is 1.31 bits per heavy atom. The van der Waals surface area contributed by atoms with Gasteiger partial charge in [0, 0.05) is 6.61 Å². The van der Waals surface area contributed by atoms with Crippen LogP contribution in [0.2, 0.25) is 32.7 Å². The van der Waals surface area contributed by atoms with Gasteiger partial charge in [0.2, 0.25) is 0 Å². The molecular weight excluding hydrogens is 228 g/mol. The zero-order valence-corrected chi connectivity index (χ0v) is 13.2. The molecule has 0 aromatic rings. The van der Waals surface area contributed by atoms with E-state index in [-0.39, 0.29) is 0 Å². The summed E-state index contributed by atoms with van der Waals surface area (Å²) in [5.74, 6) is 0. The largest absolute Gasteiger partial charge is 0.418 e. The number of rotatable bonds is 5. The van der Waals surface area contributed by atoms with Gasteiger partial charge in [-0.1, -0.05) is 23.5 Å². The van der Waals surface area contributed by atoms with Crippen molar-refractivity contribution in [1.82, 2.24) is 0 Å². The molecule has 0 spiro atoms. The van der Waals surface area contributed by atoms with Crippen molar-refractivity contribution in [2.45, 2.75) is 52.0 Å². The average molecular weight is 251 g/mol. The summed E-state index contributed by atoms with van der Waals surface area (Å²) in [5.41, 5.74) is 1.55. The molecule has 2 rings (SSSR count). The minimum Gasteiger partial charge on any atom is -0.418 e. The lowest BCUT2D eigenvalue weighted by molar-refractivity contribution is 0.305. The van der Waals surface area contributed by atoms with Crippen LogP contribution < -0.4 is 0 Å². The first-order valence-electron chi connectivity index (χ1n) is 6.30. The van der Waals surface area contributed by atoms with Crippen molar-refractivity contribution in [2.75, 3.05) is 6.61 Å². The van der Waals surface area contributed by atoms with E-state index >= 15 is 0 Å². The van der Waals surface area contributed by atoms with Crippen molar-refractivity contribution in [3.63, 3.8) is 0 Å². The van der Waals surface area contributed by atoms with Gasteiger partial charge in [0.25, 0.3) is 0 Å². The lowest BCUT2D eigenvalue weighted by Crippen LogP contribution is -2.25. The van der Waals surface area contributed by atoms with Gasteiger partial charge in [0.1, 0.15) is 8.07 Å². The lowest BCUT2D eigenvalue weighted by atomic mass is 10.1. The monoisotopic (exact) mass is 251 g/mol. The fourth-order valence-corrected chi connectivity index (χ4v) is 6.88. The molecule has 89 valence electrons. The Kier molecular flexibility index (Phi) is 3.06. The van der Waals surface area contributed by atoms with Gasteiger partial charge in [-0.05, 0) is 50.6 Å².